The molecule has 1 aromatic heterocycles. The summed E-state index contributed by atoms with van der Waals surface area (Å²) in [6.45, 7) is 0. The van der Waals surface area contributed by atoms with E-state index < -0.39 is 0 Å². The van der Waals surface area contributed by atoms with E-state index in [0.717, 1.165) is 11.4 Å². The van der Waals surface area contributed by atoms with E-state index >= 15 is 0 Å². The Bertz CT molecular complexity index is 383. The van der Waals surface area contributed by atoms with Crippen LogP contribution < -0.4 is 10.1 Å². The van der Waals surface area contributed by atoms with Crippen molar-refractivity contribution in [1.82, 2.24) is 10.2 Å². The number of methoxy groups -OCH3 is 1. The number of rotatable bonds is 3. The van der Waals surface area contributed by atoms with Crippen molar-refractivity contribution in [3.05, 3.63) is 30.7 Å². The Hall–Kier alpha value is -2.04. The summed E-state index contributed by atoms with van der Waals surface area (Å²) >= 11 is 0. The largest absolute Gasteiger partial charge is 0.497 e. The molecular weight excluding hydrogens is 182 g/mol. The molecule has 0 amide bonds. The molecule has 2 rings (SSSR count). The first-order valence-corrected chi connectivity index (χ1v) is 4.06. The summed E-state index contributed by atoms with van der Waals surface area (Å²) in [5, 5.41) is 10.2. The number of aromatic nitrogens is 2. The molecule has 0 saturated carbocycles. The Balaban J connectivity index is 2.10. The Morgan fingerprint density at radius 2 is 2.07 bits per heavy atom. The first kappa shape index (κ1) is 8.55. The van der Waals surface area contributed by atoms with Crippen LogP contribution in [0, 0.1) is 0 Å². The molecule has 14 heavy (non-hydrogen) atoms. The van der Waals surface area contributed by atoms with Gasteiger partial charge in [-0.25, -0.2) is 0 Å². The number of nitrogens with zero attached hydrogens (tertiary/aromatic N) is 2. The van der Waals surface area contributed by atoms with E-state index in [9.17, 15) is 0 Å². The Labute approximate surface area is 80.7 Å². The summed E-state index contributed by atoms with van der Waals surface area (Å²) in [5.74, 6) is 0.807. The van der Waals surface area contributed by atoms with E-state index in [1.165, 1.54) is 6.39 Å². The summed E-state index contributed by atoms with van der Waals surface area (Å²) in [6, 6.07) is 7.79. The monoisotopic (exact) mass is 191 g/mol. The molecular formula is C9H9N3O2. The van der Waals surface area contributed by atoms with Crippen molar-refractivity contribution in [3.8, 4) is 5.75 Å². The van der Waals surface area contributed by atoms with Crippen LogP contribution in [0.15, 0.2) is 35.1 Å². The minimum atomic E-state index is 0.371. The fourth-order valence-electron chi connectivity index (χ4n) is 1.03. The van der Waals surface area contributed by atoms with Gasteiger partial charge in [-0.3, -0.25) is 0 Å². The van der Waals surface area contributed by atoms with Gasteiger partial charge in [0.25, 0.3) is 0 Å². The lowest BCUT2D eigenvalue weighted by atomic mass is 10.3. The van der Waals surface area contributed by atoms with Crippen LogP contribution in [0.4, 0.5) is 11.7 Å². The summed E-state index contributed by atoms with van der Waals surface area (Å²) in [4.78, 5) is 0. The molecule has 0 radical (unpaired) electrons. The van der Waals surface area contributed by atoms with E-state index in [0.29, 0.717) is 6.01 Å². The Kier molecular flexibility index (Phi) is 2.31. The predicted molar refractivity (Wildman–Crippen MR) is 50.6 cm³/mol. The SMILES string of the molecule is COc1ccc(Nc2nnco2)cc1. The normalized spacial score (nSPS) is 9.79. The van der Waals surface area contributed by atoms with Crippen molar-refractivity contribution in [2.75, 3.05) is 12.4 Å². The molecule has 0 saturated heterocycles. The minimum absolute atomic E-state index is 0.371. The number of ether oxygens (including phenoxy) is 1. The zero-order valence-corrected chi connectivity index (χ0v) is 7.60. The van der Waals surface area contributed by atoms with E-state index in [1.807, 2.05) is 24.3 Å². The average molecular weight is 191 g/mol. The van der Waals surface area contributed by atoms with Crippen LogP contribution in [0.3, 0.4) is 0 Å². The summed E-state index contributed by atoms with van der Waals surface area (Å²) in [5.41, 5.74) is 0.870. The van der Waals surface area contributed by atoms with Crippen molar-refractivity contribution in [3.63, 3.8) is 0 Å². The van der Waals surface area contributed by atoms with Crippen molar-refractivity contribution < 1.29 is 9.15 Å². The smallest absolute Gasteiger partial charge is 0.319 e. The zero-order chi connectivity index (χ0) is 9.80. The first-order chi connectivity index (χ1) is 6.88. The maximum absolute atomic E-state index is 5.03. The molecule has 72 valence electrons. The third kappa shape index (κ3) is 1.82. The van der Waals surface area contributed by atoms with Crippen LogP contribution >= 0.6 is 0 Å². The lowest BCUT2D eigenvalue weighted by molar-refractivity contribution is 0.415. The highest BCUT2D eigenvalue weighted by Gasteiger charge is 1.98. The van der Waals surface area contributed by atoms with Gasteiger partial charge in [0.15, 0.2) is 0 Å². The first-order valence-electron chi connectivity index (χ1n) is 4.06. The van der Waals surface area contributed by atoms with Gasteiger partial charge >= 0.3 is 6.01 Å². The van der Waals surface area contributed by atoms with Gasteiger partial charge in [0.1, 0.15) is 5.75 Å². The van der Waals surface area contributed by atoms with Gasteiger partial charge in [-0.05, 0) is 24.3 Å². The molecule has 0 aliphatic heterocycles. The lowest BCUT2D eigenvalue weighted by Crippen LogP contribution is -1.90. The molecule has 0 bridgehead atoms. The summed E-state index contributed by atoms with van der Waals surface area (Å²) in [6.07, 6.45) is 1.27. The number of anilines is 2. The molecule has 0 fully saturated rings. The van der Waals surface area contributed by atoms with E-state index in [4.69, 9.17) is 9.15 Å². The standard InChI is InChI=1S/C9H9N3O2/c1-13-8-4-2-7(3-5-8)11-9-12-10-6-14-9/h2-6H,1H3,(H,11,12). The van der Waals surface area contributed by atoms with E-state index in [-0.39, 0.29) is 0 Å². The molecule has 5 heteroatoms. The van der Waals surface area contributed by atoms with Gasteiger partial charge < -0.3 is 14.5 Å². The summed E-state index contributed by atoms with van der Waals surface area (Å²) in [7, 11) is 1.63. The molecule has 5 nitrogen and oxygen atoms in total. The minimum Gasteiger partial charge on any atom is -0.497 e. The van der Waals surface area contributed by atoms with Gasteiger partial charge in [0, 0.05) is 5.69 Å². The van der Waals surface area contributed by atoms with Crippen molar-refractivity contribution in [1.29, 1.82) is 0 Å². The molecule has 0 aliphatic carbocycles. The maximum Gasteiger partial charge on any atom is 0.319 e. The molecule has 1 N–H and O–H groups in total. The van der Waals surface area contributed by atoms with Gasteiger partial charge in [-0.15, -0.1) is 5.10 Å². The molecule has 1 aromatic carbocycles. The van der Waals surface area contributed by atoms with Gasteiger partial charge in [0.05, 0.1) is 7.11 Å². The van der Waals surface area contributed by atoms with E-state index in [2.05, 4.69) is 15.5 Å². The quantitative estimate of drug-likeness (QED) is 0.801. The third-order valence-electron chi connectivity index (χ3n) is 1.70. The highest BCUT2D eigenvalue weighted by Crippen LogP contribution is 2.17. The molecule has 2 aromatic rings. The number of nitrogens with one attached hydrogen (secondary N) is 1. The Morgan fingerprint density at radius 1 is 1.29 bits per heavy atom. The maximum atomic E-state index is 5.03. The predicted octanol–water partition coefficient (Wildman–Crippen LogP) is 1.82. The molecule has 0 unspecified atom stereocenters. The molecule has 0 atom stereocenters. The second kappa shape index (κ2) is 3.78. The Morgan fingerprint density at radius 3 is 2.64 bits per heavy atom. The van der Waals surface area contributed by atoms with Crippen LogP contribution in [0.5, 0.6) is 5.75 Å². The van der Waals surface area contributed by atoms with Gasteiger partial charge in [0.2, 0.25) is 6.39 Å². The average Bonchev–Trinajstić information content (AvgIpc) is 2.72. The number of hydrogen-bond donors (Lipinski definition) is 1. The fraction of sp³-hybridized carbons (Fsp3) is 0.111. The highest BCUT2D eigenvalue weighted by molar-refractivity contribution is 5.53. The lowest BCUT2D eigenvalue weighted by Gasteiger charge is -2.02. The second-order valence-corrected chi connectivity index (χ2v) is 2.60. The van der Waals surface area contributed by atoms with Crippen LogP contribution in [-0.4, -0.2) is 17.3 Å². The van der Waals surface area contributed by atoms with Crippen LogP contribution in [0.1, 0.15) is 0 Å². The zero-order valence-electron chi connectivity index (χ0n) is 7.60. The highest BCUT2D eigenvalue weighted by atomic mass is 16.5. The topological polar surface area (TPSA) is 60.2 Å². The van der Waals surface area contributed by atoms with Crippen molar-refractivity contribution in [2.24, 2.45) is 0 Å². The third-order valence-corrected chi connectivity index (χ3v) is 1.70. The molecule has 0 spiro atoms. The van der Waals surface area contributed by atoms with Crippen molar-refractivity contribution in [2.45, 2.75) is 0 Å². The van der Waals surface area contributed by atoms with Crippen LogP contribution in [0.25, 0.3) is 0 Å². The van der Waals surface area contributed by atoms with Crippen molar-refractivity contribution >= 4 is 11.7 Å². The summed E-state index contributed by atoms with van der Waals surface area (Å²) < 4.78 is 9.95. The second-order valence-electron chi connectivity index (χ2n) is 2.60. The van der Waals surface area contributed by atoms with Gasteiger partial charge in [-0.1, -0.05) is 5.10 Å². The molecule has 0 aliphatic rings. The number of hydrogen-bond acceptors (Lipinski definition) is 5. The van der Waals surface area contributed by atoms with Crippen LogP contribution in [-0.2, 0) is 0 Å². The van der Waals surface area contributed by atoms with Gasteiger partial charge in [-0.2, -0.15) is 0 Å². The number of benzene rings is 1. The molecule has 1 heterocycles. The fourth-order valence-corrected chi connectivity index (χ4v) is 1.03. The van der Waals surface area contributed by atoms with E-state index in [1.54, 1.807) is 7.11 Å². The van der Waals surface area contributed by atoms with Crippen LogP contribution in [0.2, 0.25) is 0 Å².